The second kappa shape index (κ2) is 10.4. The molecule has 0 radical (unpaired) electrons. The van der Waals surface area contributed by atoms with E-state index in [-0.39, 0.29) is 11.6 Å². The molecule has 0 saturated heterocycles. The van der Waals surface area contributed by atoms with Crippen LogP contribution in [0.3, 0.4) is 0 Å². The SMILES string of the molecule is CCl.Cc1ccccc1C.N.O. The number of benzene rings is 1. The average Bonchev–Trinajstić information content (AvgIpc) is 2.00. The summed E-state index contributed by atoms with van der Waals surface area (Å²) in [7, 11) is 0. The molecule has 0 aromatic heterocycles. The van der Waals surface area contributed by atoms with Crippen LogP contribution in [0.25, 0.3) is 0 Å². The zero-order chi connectivity index (χ0) is 7.98. The van der Waals surface area contributed by atoms with Crippen LogP contribution in [0, 0.1) is 13.8 Å². The Kier molecular flexibility index (Phi) is 15.2. The first-order valence-corrected chi connectivity index (χ1v) is 3.96. The van der Waals surface area contributed by atoms with E-state index in [1.807, 2.05) is 0 Å². The molecular weight excluding hydrogens is 174 g/mol. The molecule has 0 aliphatic carbocycles. The molecule has 1 rings (SSSR count). The Morgan fingerprint density at radius 2 is 1.17 bits per heavy atom. The van der Waals surface area contributed by atoms with Gasteiger partial charge < -0.3 is 11.6 Å². The number of hydrogen-bond acceptors (Lipinski definition) is 1. The van der Waals surface area contributed by atoms with Crippen LogP contribution in [0.5, 0.6) is 0 Å². The van der Waals surface area contributed by atoms with Crippen molar-refractivity contribution < 1.29 is 5.48 Å². The standard InChI is InChI=1S/C8H10.CH3Cl.H3N.H2O/c1-7-5-3-4-6-8(7)2;1-2;;/h3-6H,1-2H3;1H3;1H3;1H2. The number of halogens is 1. The lowest BCUT2D eigenvalue weighted by molar-refractivity contribution is 0.824. The maximum Gasteiger partial charge on any atom is 0.0108 e. The van der Waals surface area contributed by atoms with E-state index in [4.69, 9.17) is 0 Å². The van der Waals surface area contributed by atoms with Gasteiger partial charge in [0.15, 0.2) is 0 Å². The maximum absolute atomic E-state index is 4.64. The van der Waals surface area contributed by atoms with Crippen molar-refractivity contribution in [3.63, 3.8) is 0 Å². The van der Waals surface area contributed by atoms with Gasteiger partial charge >= 0.3 is 0 Å². The number of aryl methyl sites for hydroxylation is 2. The van der Waals surface area contributed by atoms with E-state index in [1.54, 1.807) is 0 Å². The van der Waals surface area contributed by atoms with Crippen LogP contribution < -0.4 is 6.15 Å². The summed E-state index contributed by atoms with van der Waals surface area (Å²) < 4.78 is 0. The highest BCUT2D eigenvalue weighted by molar-refractivity contribution is 6.15. The molecule has 12 heavy (non-hydrogen) atoms. The van der Waals surface area contributed by atoms with Crippen molar-refractivity contribution in [3.05, 3.63) is 35.4 Å². The van der Waals surface area contributed by atoms with E-state index in [1.165, 1.54) is 17.5 Å². The minimum absolute atomic E-state index is 0. The third-order valence-electron chi connectivity index (χ3n) is 1.43. The predicted molar refractivity (Wildman–Crippen MR) is 56.3 cm³/mol. The fourth-order valence-corrected chi connectivity index (χ4v) is 0.663. The first-order chi connectivity index (χ1) is 4.80. The van der Waals surface area contributed by atoms with Gasteiger partial charge in [-0.2, -0.15) is 0 Å². The summed E-state index contributed by atoms with van der Waals surface area (Å²) in [6, 6.07) is 8.36. The lowest BCUT2D eigenvalue weighted by Crippen LogP contribution is -1.74. The first kappa shape index (κ1) is 17.5. The molecule has 0 spiro atoms. The Bertz CT molecular complexity index is 171. The van der Waals surface area contributed by atoms with Crippen LogP contribution in [-0.2, 0) is 0 Å². The zero-order valence-electron chi connectivity index (χ0n) is 7.89. The van der Waals surface area contributed by atoms with Crippen molar-refractivity contribution in [2.45, 2.75) is 13.8 Å². The van der Waals surface area contributed by atoms with Gasteiger partial charge in [0.2, 0.25) is 0 Å². The van der Waals surface area contributed by atoms with Gasteiger partial charge in [-0.1, -0.05) is 24.3 Å². The summed E-state index contributed by atoms with van der Waals surface area (Å²) in [6.45, 7) is 4.24. The molecule has 2 nitrogen and oxygen atoms in total. The molecule has 5 N–H and O–H groups in total. The molecule has 0 aliphatic heterocycles. The number of hydrogen-bond donors (Lipinski definition) is 1. The molecule has 3 heteroatoms. The third kappa shape index (κ3) is 6.16. The van der Waals surface area contributed by atoms with Crippen molar-refractivity contribution in [2.75, 3.05) is 6.38 Å². The smallest absolute Gasteiger partial charge is 0.0108 e. The molecule has 72 valence electrons. The summed E-state index contributed by atoms with van der Waals surface area (Å²) in [5, 5.41) is 0. The van der Waals surface area contributed by atoms with E-state index in [0.717, 1.165) is 0 Å². The van der Waals surface area contributed by atoms with Crippen molar-refractivity contribution in [2.24, 2.45) is 0 Å². The Labute approximate surface area is 79.5 Å². The summed E-state index contributed by atoms with van der Waals surface area (Å²) in [5.74, 6) is 0. The van der Waals surface area contributed by atoms with Gasteiger partial charge in [0.25, 0.3) is 0 Å². The number of alkyl halides is 1. The van der Waals surface area contributed by atoms with E-state index >= 15 is 0 Å². The molecule has 0 aliphatic rings. The van der Waals surface area contributed by atoms with Crippen molar-refractivity contribution in [3.8, 4) is 0 Å². The van der Waals surface area contributed by atoms with Crippen LogP contribution in [0.15, 0.2) is 24.3 Å². The largest absolute Gasteiger partial charge is 0.412 e. The van der Waals surface area contributed by atoms with Gasteiger partial charge in [-0.25, -0.2) is 0 Å². The highest BCUT2D eigenvalue weighted by Crippen LogP contribution is 2.02. The molecule has 0 heterocycles. The normalized spacial score (nSPS) is 6.67. The molecular formula is C9H18ClNO. The lowest BCUT2D eigenvalue weighted by Gasteiger charge is -1.93. The van der Waals surface area contributed by atoms with E-state index in [0.29, 0.717) is 0 Å². The fourth-order valence-electron chi connectivity index (χ4n) is 0.663. The molecule has 0 saturated carbocycles. The molecule has 0 unspecified atom stereocenters. The fraction of sp³-hybridized carbons (Fsp3) is 0.333. The van der Waals surface area contributed by atoms with Gasteiger partial charge in [0.05, 0.1) is 0 Å². The maximum atomic E-state index is 4.64. The van der Waals surface area contributed by atoms with E-state index < -0.39 is 0 Å². The summed E-state index contributed by atoms with van der Waals surface area (Å²) in [5.41, 5.74) is 2.74. The monoisotopic (exact) mass is 191 g/mol. The second-order valence-corrected chi connectivity index (χ2v) is 2.08. The Balaban J connectivity index is -0.000000189. The molecule has 0 amide bonds. The zero-order valence-corrected chi connectivity index (χ0v) is 8.65. The topological polar surface area (TPSA) is 66.5 Å². The summed E-state index contributed by atoms with van der Waals surface area (Å²) in [6.07, 6.45) is 1.47. The lowest BCUT2D eigenvalue weighted by atomic mass is 10.1. The average molecular weight is 192 g/mol. The van der Waals surface area contributed by atoms with Gasteiger partial charge in [-0.15, -0.1) is 11.6 Å². The Morgan fingerprint density at radius 1 is 0.917 bits per heavy atom. The molecule has 1 aromatic rings. The van der Waals surface area contributed by atoms with Gasteiger partial charge in [-0.05, 0) is 25.0 Å². The first-order valence-electron chi connectivity index (χ1n) is 3.21. The van der Waals surface area contributed by atoms with E-state index in [9.17, 15) is 0 Å². The highest BCUT2D eigenvalue weighted by atomic mass is 35.5. The number of rotatable bonds is 0. The van der Waals surface area contributed by atoms with Gasteiger partial charge in [-0.3, -0.25) is 0 Å². The third-order valence-corrected chi connectivity index (χ3v) is 1.43. The van der Waals surface area contributed by atoms with Crippen LogP contribution in [0.1, 0.15) is 11.1 Å². The van der Waals surface area contributed by atoms with E-state index in [2.05, 4.69) is 49.7 Å². The van der Waals surface area contributed by atoms with Crippen molar-refractivity contribution in [1.82, 2.24) is 6.15 Å². The Hall–Kier alpha value is -0.570. The Morgan fingerprint density at radius 3 is 1.33 bits per heavy atom. The quantitative estimate of drug-likeness (QED) is 0.629. The van der Waals surface area contributed by atoms with Crippen LogP contribution in [0.4, 0.5) is 0 Å². The minimum atomic E-state index is 0. The molecule has 0 atom stereocenters. The van der Waals surface area contributed by atoms with Gasteiger partial charge in [0, 0.05) is 6.38 Å². The van der Waals surface area contributed by atoms with Crippen LogP contribution in [-0.4, -0.2) is 11.9 Å². The molecule has 1 aromatic carbocycles. The van der Waals surface area contributed by atoms with Crippen molar-refractivity contribution in [1.29, 1.82) is 0 Å². The molecule has 0 bridgehead atoms. The summed E-state index contributed by atoms with van der Waals surface area (Å²) in [4.78, 5) is 0. The van der Waals surface area contributed by atoms with Gasteiger partial charge in [0.1, 0.15) is 0 Å². The van der Waals surface area contributed by atoms with Crippen molar-refractivity contribution >= 4 is 11.6 Å². The minimum Gasteiger partial charge on any atom is -0.412 e. The van der Waals surface area contributed by atoms with Crippen LogP contribution >= 0.6 is 11.6 Å². The second-order valence-electron chi connectivity index (χ2n) is 2.08. The molecule has 0 fully saturated rings. The predicted octanol–water partition coefficient (Wildman–Crippen LogP) is 2.50. The summed E-state index contributed by atoms with van der Waals surface area (Å²) >= 11 is 4.64. The highest BCUT2D eigenvalue weighted by Gasteiger charge is 1.83. The van der Waals surface area contributed by atoms with Crippen LogP contribution in [0.2, 0.25) is 0 Å².